The monoisotopic (exact) mass is 357 g/mol. The Bertz CT molecular complexity index is 942. The first-order chi connectivity index (χ1) is 12.0. The topological polar surface area (TPSA) is 85.1 Å². The molecule has 126 valence electrons. The Balaban J connectivity index is 1.70. The van der Waals surface area contributed by atoms with E-state index in [1.54, 1.807) is 29.6 Å². The van der Waals surface area contributed by atoms with Gasteiger partial charge in [-0.05, 0) is 17.7 Å². The molecule has 1 aromatic heterocycles. The van der Waals surface area contributed by atoms with E-state index in [0.29, 0.717) is 22.0 Å². The number of hydrogen-bond donors (Lipinski definition) is 1. The lowest BCUT2D eigenvalue weighted by molar-refractivity contribution is -0.384. The number of carbonyl (C=O) groups is 1. The quantitative estimate of drug-likeness (QED) is 0.552. The number of nitrogens with zero attached hydrogens (tertiary/aromatic N) is 2. The number of hydrogen-bond acceptors (Lipinski definition) is 5. The van der Waals surface area contributed by atoms with Crippen LogP contribution in [0.4, 0.5) is 15.2 Å². The van der Waals surface area contributed by atoms with Gasteiger partial charge in [-0.1, -0.05) is 24.3 Å². The molecule has 3 rings (SSSR count). The van der Waals surface area contributed by atoms with Crippen molar-refractivity contribution in [2.75, 3.05) is 5.32 Å². The average molecular weight is 357 g/mol. The SMILES string of the molecule is O=C(Cc1cccc(F)c1)Nc1nc(-c2cccc([N+](=O)[O-])c2)cs1. The van der Waals surface area contributed by atoms with E-state index in [1.807, 2.05) is 0 Å². The average Bonchev–Trinajstić information content (AvgIpc) is 3.03. The number of thiazole rings is 1. The van der Waals surface area contributed by atoms with Crippen molar-refractivity contribution in [2.45, 2.75) is 6.42 Å². The van der Waals surface area contributed by atoms with Crippen molar-refractivity contribution in [3.05, 3.63) is 75.4 Å². The zero-order chi connectivity index (χ0) is 17.8. The molecule has 0 aliphatic rings. The van der Waals surface area contributed by atoms with Crippen molar-refractivity contribution >= 4 is 28.1 Å². The lowest BCUT2D eigenvalue weighted by atomic mass is 10.1. The predicted molar refractivity (Wildman–Crippen MR) is 92.9 cm³/mol. The molecule has 0 aliphatic carbocycles. The van der Waals surface area contributed by atoms with Crippen LogP contribution in [0, 0.1) is 15.9 Å². The number of carbonyl (C=O) groups excluding carboxylic acids is 1. The van der Waals surface area contributed by atoms with Crippen molar-refractivity contribution < 1.29 is 14.1 Å². The summed E-state index contributed by atoms with van der Waals surface area (Å²) in [6.45, 7) is 0. The van der Waals surface area contributed by atoms with Gasteiger partial charge in [-0.15, -0.1) is 11.3 Å². The van der Waals surface area contributed by atoms with Gasteiger partial charge in [-0.2, -0.15) is 0 Å². The number of amides is 1. The highest BCUT2D eigenvalue weighted by molar-refractivity contribution is 7.14. The Labute approximate surface area is 146 Å². The minimum Gasteiger partial charge on any atom is -0.302 e. The van der Waals surface area contributed by atoms with Crippen molar-refractivity contribution in [1.82, 2.24) is 4.98 Å². The first kappa shape index (κ1) is 16.7. The molecule has 0 radical (unpaired) electrons. The normalized spacial score (nSPS) is 10.4. The summed E-state index contributed by atoms with van der Waals surface area (Å²) in [5.74, 6) is -0.710. The number of nitro benzene ring substituents is 1. The lowest BCUT2D eigenvalue weighted by Crippen LogP contribution is -2.14. The van der Waals surface area contributed by atoms with Gasteiger partial charge >= 0.3 is 0 Å². The largest absolute Gasteiger partial charge is 0.302 e. The maximum atomic E-state index is 13.1. The molecule has 3 aromatic rings. The first-order valence-electron chi connectivity index (χ1n) is 7.26. The number of halogens is 1. The van der Waals surface area contributed by atoms with Crippen molar-refractivity contribution in [3.63, 3.8) is 0 Å². The van der Waals surface area contributed by atoms with E-state index >= 15 is 0 Å². The summed E-state index contributed by atoms with van der Waals surface area (Å²) in [5.41, 5.74) is 1.67. The molecule has 25 heavy (non-hydrogen) atoms. The molecule has 0 unspecified atom stereocenters. The Morgan fingerprint density at radius 3 is 2.80 bits per heavy atom. The molecule has 8 heteroatoms. The predicted octanol–water partition coefficient (Wildman–Crippen LogP) is 4.04. The standard InChI is InChI=1S/C17H12FN3O3S/c18-13-5-1-3-11(7-13)8-16(22)20-17-19-15(10-25-17)12-4-2-6-14(9-12)21(23)24/h1-7,9-10H,8H2,(H,19,20,22). The summed E-state index contributed by atoms with van der Waals surface area (Å²) in [5, 5.41) is 15.6. The van der Waals surface area contributed by atoms with E-state index in [2.05, 4.69) is 10.3 Å². The molecule has 2 aromatic carbocycles. The summed E-state index contributed by atoms with van der Waals surface area (Å²) in [7, 11) is 0. The number of nitro groups is 1. The number of nitrogens with one attached hydrogen (secondary N) is 1. The molecule has 0 aliphatic heterocycles. The third-order valence-electron chi connectivity index (χ3n) is 3.36. The molecule has 1 amide bonds. The Kier molecular flexibility index (Phi) is 4.80. The summed E-state index contributed by atoms with van der Waals surface area (Å²) in [6, 6.07) is 11.9. The van der Waals surface area contributed by atoms with Crippen LogP contribution in [0.3, 0.4) is 0 Å². The van der Waals surface area contributed by atoms with Crippen LogP contribution in [0.2, 0.25) is 0 Å². The van der Waals surface area contributed by atoms with Gasteiger partial charge in [0.2, 0.25) is 5.91 Å². The molecule has 0 spiro atoms. The van der Waals surface area contributed by atoms with E-state index in [-0.39, 0.29) is 18.0 Å². The van der Waals surface area contributed by atoms with Gasteiger partial charge in [0.15, 0.2) is 5.13 Å². The maximum Gasteiger partial charge on any atom is 0.270 e. The van der Waals surface area contributed by atoms with Crippen LogP contribution < -0.4 is 5.32 Å². The van der Waals surface area contributed by atoms with Gasteiger partial charge in [0.25, 0.3) is 5.69 Å². The number of anilines is 1. The molecular weight excluding hydrogens is 345 g/mol. The summed E-state index contributed by atoms with van der Waals surface area (Å²) >= 11 is 1.21. The molecule has 0 atom stereocenters. The van der Waals surface area contributed by atoms with Gasteiger partial charge in [-0.3, -0.25) is 14.9 Å². The summed E-state index contributed by atoms with van der Waals surface area (Å²) in [6.07, 6.45) is 0.0312. The Morgan fingerprint density at radius 2 is 2.04 bits per heavy atom. The molecule has 0 fully saturated rings. The number of aromatic nitrogens is 1. The number of non-ortho nitro benzene ring substituents is 1. The molecule has 0 saturated heterocycles. The molecule has 1 N–H and O–H groups in total. The Hall–Kier alpha value is -3.13. The minimum atomic E-state index is -0.475. The van der Waals surface area contributed by atoms with Crippen LogP contribution in [0.5, 0.6) is 0 Å². The van der Waals surface area contributed by atoms with E-state index in [4.69, 9.17) is 0 Å². The van der Waals surface area contributed by atoms with Gasteiger partial charge in [0.1, 0.15) is 5.82 Å². The summed E-state index contributed by atoms with van der Waals surface area (Å²) < 4.78 is 13.1. The fourth-order valence-electron chi connectivity index (χ4n) is 2.24. The smallest absolute Gasteiger partial charge is 0.270 e. The highest BCUT2D eigenvalue weighted by Gasteiger charge is 2.12. The van der Waals surface area contributed by atoms with Crippen LogP contribution in [-0.2, 0) is 11.2 Å². The molecular formula is C17H12FN3O3S. The van der Waals surface area contributed by atoms with E-state index in [9.17, 15) is 19.3 Å². The van der Waals surface area contributed by atoms with E-state index in [0.717, 1.165) is 0 Å². The first-order valence-corrected chi connectivity index (χ1v) is 8.14. The van der Waals surface area contributed by atoms with Gasteiger partial charge in [0.05, 0.1) is 17.0 Å². The second kappa shape index (κ2) is 7.18. The number of rotatable bonds is 5. The van der Waals surface area contributed by atoms with Crippen LogP contribution in [0.15, 0.2) is 53.9 Å². The summed E-state index contributed by atoms with van der Waals surface area (Å²) in [4.78, 5) is 26.7. The highest BCUT2D eigenvalue weighted by atomic mass is 32.1. The van der Waals surface area contributed by atoms with Gasteiger partial charge in [-0.25, -0.2) is 9.37 Å². The third kappa shape index (κ3) is 4.24. The number of benzene rings is 2. The minimum absolute atomic E-state index is 0.0258. The highest BCUT2D eigenvalue weighted by Crippen LogP contribution is 2.27. The third-order valence-corrected chi connectivity index (χ3v) is 4.11. The van der Waals surface area contributed by atoms with Crippen LogP contribution >= 0.6 is 11.3 Å². The maximum absolute atomic E-state index is 13.1. The zero-order valence-electron chi connectivity index (χ0n) is 12.8. The van der Waals surface area contributed by atoms with Gasteiger partial charge in [0, 0.05) is 23.1 Å². The lowest BCUT2D eigenvalue weighted by Gasteiger charge is -2.02. The van der Waals surface area contributed by atoms with Crippen LogP contribution in [0.25, 0.3) is 11.3 Å². The van der Waals surface area contributed by atoms with Crippen molar-refractivity contribution in [1.29, 1.82) is 0 Å². The van der Waals surface area contributed by atoms with Crippen LogP contribution in [-0.4, -0.2) is 15.8 Å². The van der Waals surface area contributed by atoms with Crippen molar-refractivity contribution in [3.8, 4) is 11.3 Å². The molecule has 6 nitrogen and oxygen atoms in total. The Morgan fingerprint density at radius 1 is 1.24 bits per heavy atom. The zero-order valence-corrected chi connectivity index (χ0v) is 13.6. The second-order valence-electron chi connectivity index (χ2n) is 5.20. The molecule has 1 heterocycles. The molecule has 0 bridgehead atoms. The molecule has 0 saturated carbocycles. The van der Waals surface area contributed by atoms with E-state index < -0.39 is 10.7 Å². The van der Waals surface area contributed by atoms with E-state index in [1.165, 1.54) is 35.6 Å². The van der Waals surface area contributed by atoms with Crippen molar-refractivity contribution in [2.24, 2.45) is 0 Å². The van der Waals surface area contributed by atoms with Gasteiger partial charge < -0.3 is 5.32 Å². The second-order valence-corrected chi connectivity index (χ2v) is 6.06. The fraction of sp³-hybridized carbons (Fsp3) is 0.0588. The fourth-order valence-corrected chi connectivity index (χ4v) is 2.97. The van der Waals surface area contributed by atoms with Crippen LogP contribution in [0.1, 0.15) is 5.56 Å².